The van der Waals surface area contributed by atoms with Crippen molar-refractivity contribution in [2.75, 3.05) is 6.54 Å². The second-order valence-electron chi connectivity index (χ2n) is 6.14. The molecule has 1 nitrogen and oxygen atoms in total. The molecule has 2 rings (SSSR count). The Morgan fingerprint density at radius 3 is 3.00 bits per heavy atom. The molecule has 1 heterocycles. The van der Waals surface area contributed by atoms with Crippen LogP contribution in [0.4, 0.5) is 0 Å². The van der Waals surface area contributed by atoms with Crippen molar-refractivity contribution in [1.29, 1.82) is 0 Å². The van der Waals surface area contributed by atoms with Crippen molar-refractivity contribution >= 4 is 0 Å². The normalized spacial score (nSPS) is 27.5. The van der Waals surface area contributed by atoms with Gasteiger partial charge in [-0.3, -0.25) is 0 Å². The highest BCUT2D eigenvalue weighted by molar-refractivity contribution is 5.31. The minimum Gasteiger partial charge on any atom is -0.312 e. The quantitative estimate of drug-likeness (QED) is 0.718. The minimum absolute atomic E-state index is 0.196. The lowest BCUT2D eigenvalue weighted by Crippen LogP contribution is -2.48. The summed E-state index contributed by atoms with van der Waals surface area (Å²) in [7, 11) is 0. The SMILES string of the molecule is C=C1CCN[C@H](CC2=CCC(C)=CC=C2)C1(C)C. The van der Waals surface area contributed by atoms with Crippen LogP contribution in [0.1, 0.15) is 40.0 Å². The smallest absolute Gasteiger partial charge is 0.0196 e. The summed E-state index contributed by atoms with van der Waals surface area (Å²) in [5.74, 6) is 0. The molecule has 1 aliphatic carbocycles. The summed E-state index contributed by atoms with van der Waals surface area (Å²) in [6, 6.07) is 0.507. The molecule has 0 aromatic rings. The first-order valence-electron chi connectivity index (χ1n) is 6.94. The van der Waals surface area contributed by atoms with Crippen molar-refractivity contribution in [3.05, 3.63) is 47.6 Å². The Morgan fingerprint density at radius 2 is 2.22 bits per heavy atom. The van der Waals surface area contributed by atoms with Crippen LogP contribution >= 0.6 is 0 Å². The van der Waals surface area contributed by atoms with Crippen LogP contribution in [0.15, 0.2) is 47.6 Å². The first kappa shape index (κ1) is 13.4. The highest BCUT2D eigenvalue weighted by atomic mass is 14.9. The Morgan fingerprint density at radius 1 is 1.44 bits per heavy atom. The van der Waals surface area contributed by atoms with Crippen molar-refractivity contribution < 1.29 is 0 Å². The van der Waals surface area contributed by atoms with E-state index in [0.29, 0.717) is 6.04 Å². The highest BCUT2D eigenvalue weighted by Gasteiger charge is 2.34. The maximum absolute atomic E-state index is 4.25. The van der Waals surface area contributed by atoms with E-state index in [4.69, 9.17) is 0 Å². The van der Waals surface area contributed by atoms with E-state index in [1.165, 1.54) is 16.7 Å². The zero-order valence-corrected chi connectivity index (χ0v) is 11.9. The molecule has 0 aromatic heterocycles. The first-order valence-corrected chi connectivity index (χ1v) is 6.94. The Labute approximate surface area is 111 Å². The zero-order chi connectivity index (χ0) is 13.2. The molecule has 1 atom stereocenters. The van der Waals surface area contributed by atoms with Crippen molar-refractivity contribution in [1.82, 2.24) is 5.32 Å². The molecule has 1 aliphatic heterocycles. The van der Waals surface area contributed by atoms with E-state index >= 15 is 0 Å². The molecule has 1 fully saturated rings. The van der Waals surface area contributed by atoms with Crippen LogP contribution in [-0.4, -0.2) is 12.6 Å². The average Bonchev–Trinajstić information content (AvgIpc) is 2.51. The third-order valence-corrected chi connectivity index (χ3v) is 4.42. The summed E-state index contributed by atoms with van der Waals surface area (Å²) in [6.45, 7) is 12.1. The lowest BCUT2D eigenvalue weighted by Gasteiger charge is -2.41. The summed E-state index contributed by atoms with van der Waals surface area (Å²) in [6.07, 6.45) is 12.3. The standard InChI is InChI=1S/C17H25N/c1-13-6-5-7-15(9-8-13)12-16-17(3,4)14(2)10-11-18-16/h5-7,9,16,18H,2,8,10-12H2,1,3-4H3/t16-/m1/s1. The fraction of sp³-hybridized carbons (Fsp3) is 0.529. The molecule has 1 heteroatoms. The molecule has 0 saturated carbocycles. The van der Waals surface area contributed by atoms with Crippen LogP contribution in [0, 0.1) is 5.41 Å². The molecular formula is C17H25N. The second-order valence-corrected chi connectivity index (χ2v) is 6.14. The zero-order valence-electron chi connectivity index (χ0n) is 11.9. The van der Waals surface area contributed by atoms with Crippen molar-refractivity contribution in [2.45, 2.75) is 46.1 Å². The third kappa shape index (κ3) is 2.84. The van der Waals surface area contributed by atoms with Crippen LogP contribution < -0.4 is 5.32 Å². The van der Waals surface area contributed by atoms with Crippen LogP contribution in [0.2, 0.25) is 0 Å². The maximum atomic E-state index is 4.25. The van der Waals surface area contributed by atoms with Crippen LogP contribution in [0.3, 0.4) is 0 Å². The lowest BCUT2D eigenvalue weighted by atomic mass is 9.72. The van der Waals surface area contributed by atoms with Crippen LogP contribution in [0.5, 0.6) is 0 Å². The molecule has 1 N–H and O–H groups in total. The molecule has 0 aromatic carbocycles. The van der Waals surface area contributed by atoms with E-state index in [1.54, 1.807) is 0 Å². The fourth-order valence-electron chi connectivity index (χ4n) is 2.70. The van der Waals surface area contributed by atoms with Crippen LogP contribution in [-0.2, 0) is 0 Å². The van der Waals surface area contributed by atoms with Gasteiger partial charge in [0.1, 0.15) is 0 Å². The van der Waals surface area contributed by atoms with Gasteiger partial charge in [0.15, 0.2) is 0 Å². The number of allylic oxidation sites excluding steroid dienone is 5. The van der Waals surface area contributed by atoms with Crippen LogP contribution in [0.25, 0.3) is 0 Å². The van der Waals surface area contributed by atoms with Gasteiger partial charge >= 0.3 is 0 Å². The summed E-state index contributed by atoms with van der Waals surface area (Å²) >= 11 is 0. The molecule has 0 amide bonds. The highest BCUT2D eigenvalue weighted by Crippen LogP contribution is 2.37. The van der Waals surface area contributed by atoms with Gasteiger partial charge in [-0.05, 0) is 32.7 Å². The fourth-order valence-corrected chi connectivity index (χ4v) is 2.70. The molecule has 1 saturated heterocycles. The predicted molar refractivity (Wildman–Crippen MR) is 79.5 cm³/mol. The van der Waals surface area contributed by atoms with E-state index in [2.05, 4.69) is 57.0 Å². The summed E-state index contributed by atoms with van der Waals surface area (Å²) in [5.41, 5.74) is 4.46. The Hall–Kier alpha value is -1.08. The molecule has 0 unspecified atom stereocenters. The van der Waals surface area contributed by atoms with Crippen molar-refractivity contribution in [3.63, 3.8) is 0 Å². The largest absolute Gasteiger partial charge is 0.312 e. The molecular weight excluding hydrogens is 218 g/mol. The molecule has 2 aliphatic rings. The maximum Gasteiger partial charge on any atom is 0.0196 e. The predicted octanol–water partition coefficient (Wildman–Crippen LogP) is 4.15. The van der Waals surface area contributed by atoms with Crippen molar-refractivity contribution in [2.24, 2.45) is 5.41 Å². The molecule has 98 valence electrons. The Kier molecular flexibility index (Phi) is 3.91. The third-order valence-electron chi connectivity index (χ3n) is 4.42. The molecule has 0 bridgehead atoms. The molecule has 18 heavy (non-hydrogen) atoms. The van der Waals surface area contributed by atoms with Gasteiger partial charge in [0.05, 0.1) is 0 Å². The van der Waals surface area contributed by atoms with Gasteiger partial charge in [-0.15, -0.1) is 0 Å². The number of hydrogen-bond acceptors (Lipinski definition) is 1. The Balaban J connectivity index is 2.07. The van der Waals surface area contributed by atoms with Gasteiger partial charge in [-0.2, -0.15) is 0 Å². The summed E-state index contributed by atoms with van der Waals surface area (Å²) in [4.78, 5) is 0. The van der Waals surface area contributed by atoms with E-state index in [0.717, 1.165) is 25.8 Å². The minimum atomic E-state index is 0.196. The average molecular weight is 243 g/mol. The topological polar surface area (TPSA) is 12.0 Å². The molecule has 0 radical (unpaired) electrons. The number of rotatable bonds is 2. The second kappa shape index (κ2) is 5.27. The monoisotopic (exact) mass is 243 g/mol. The van der Waals surface area contributed by atoms with Gasteiger partial charge in [0.25, 0.3) is 0 Å². The number of nitrogens with one attached hydrogen (secondary N) is 1. The van der Waals surface area contributed by atoms with Gasteiger partial charge in [-0.25, -0.2) is 0 Å². The van der Waals surface area contributed by atoms with Gasteiger partial charge < -0.3 is 5.32 Å². The Bertz CT molecular complexity index is 421. The van der Waals surface area contributed by atoms with Gasteiger partial charge in [0.2, 0.25) is 0 Å². The number of hydrogen-bond donors (Lipinski definition) is 1. The number of piperidine rings is 1. The van der Waals surface area contributed by atoms with E-state index in [9.17, 15) is 0 Å². The van der Waals surface area contributed by atoms with E-state index < -0.39 is 0 Å². The van der Waals surface area contributed by atoms with Gasteiger partial charge in [-0.1, -0.05) is 61.4 Å². The molecule has 0 spiro atoms. The lowest BCUT2D eigenvalue weighted by molar-refractivity contribution is 0.252. The van der Waals surface area contributed by atoms with Crippen molar-refractivity contribution in [3.8, 4) is 0 Å². The summed E-state index contributed by atoms with van der Waals surface area (Å²) in [5, 5.41) is 3.67. The van der Waals surface area contributed by atoms with Gasteiger partial charge in [0, 0.05) is 11.5 Å². The summed E-state index contributed by atoms with van der Waals surface area (Å²) < 4.78 is 0. The van der Waals surface area contributed by atoms with E-state index in [-0.39, 0.29) is 5.41 Å². The first-order chi connectivity index (χ1) is 8.50. The van der Waals surface area contributed by atoms with E-state index in [1.807, 2.05) is 0 Å².